The van der Waals surface area contributed by atoms with Gasteiger partial charge in [-0.25, -0.2) is 0 Å². The lowest BCUT2D eigenvalue weighted by Gasteiger charge is -2.21. The van der Waals surface area contributed by atoms with Crippen LogP contribution >= 0.6 is 11.3 Å². The van der Waals surface area contributed by atoms with Crippen molar-refractivity contribution in [2.75, 3.05) is 0 Å². The Morgan fingerprint density at radius 3 is 2.72 bits per heavy atom. The first kappa shape index (κ1) is 15.8. The molecule has 4 heterocycles. The number of carbonyl (C=O) groups excluding carboxylic acids is 1. The Hall–Kier alpha value is -2.73. The predicted octanol–water partition coefficient (Wildman–Crippen LogP) is 4.58. The third-order valence-corrected chi connectivity index (χ3v) is 5.09. The van der Waals surface area contributed by atoms with Crippen LogP contribution in [0.3, 0.4) is 0 Å². The van der Waals surface area contributed by atoms with Crippen molar-refractivity contribution in [1.29, 1.82) is 0 Å². The van der Waals surface area contributed by atoms with E-state index in [1.54, 1.807) is 22.5 Å². The van der Waals surface area contributed by atoms with Crippen LogP contribution in [0.25, 0.3) is 10.2 Å². The van der Waals surface area contributed by atoms with Crippen molar-refractivity contribution in [1.82, 2.24) is 9.47 Å². The lowest BCUT2D eigenvalue weighted by atomic mass is 10.3. The highest BCUT2D eigenvalue weighted by molar-refractivity contribution is 7.17. The minimum Gasteiger partial charge on any atom is -0.467 e. The molecular formula is C19H18N2O3S. The topological polar surface area (TPSA) is 51.5 Å². The Morgan fingerprint density at radius 2 is 2.04 bits per heavy atom. The zero-order chi connectivity index (χ0) is 17.4. The summed E-state index contributed by atoms with van der Waals surface area (Å²) in [4.78, 5) is 14.9. The number of hydrogen-bond donors (Lipinski definition) is 0. The SMILES string of the molecule is Cc1ccc(CN(Cc2ccco2)C(=O)c2cc3sccc3n2C)o1. The van der Waals surface area contributed by atoms with Gasteiger partial charge in [0.15, 0.2) is 0 Å². The second-order valence-corrected chi connectivity index (χ2v) is 6.96. The number of aromatic nitrogens is 1. The van der Waals surface area contributed by atoms with Crippen LogP contribution in [-0.4, -0.2) is 15.4 Å². The first-order valence-corrected chi connectivity index (χ1v) is 8.89. The predicted molar refractivity (Wildman–Crippen MR) is 96.5 cm³/mol. The third-order valence-electron chi connectivity index (χ3n) is 4.24. The highest BCUT2D eigenvalue weighted by Crippen LogP contribution is 2.26. The van der Waals surface area contributed by atoms with E-state index in [-0.39, 0.29) is 5.91 Å². The highest BCUT2D eigenvalue weighted by Gasteiger charge is 2.23. The van der Waals surface area contributed by atoms with Gasteiger partial charge in [0.25, 0.3) is 5.91 Å². The van der Waals surface area contributed by atoms with Crippen molar-refractivity contribution < 1.29 is 13.6 Å². The second kappa shape index (κ2) is 6.29. The number of carbonyl (C=O) groups is 1. The third kappa shape index (κ3) is 3.00. The lowest BCUT2D eigenvalue weighted by molar-refractivity contribution is 0.0695. The number of amides is 1. The van der Waals surface area contributed by atoms with Gasteiger partial charge in [-0.05, 0) is 48.7 Å². The molecule has 0 aliphatic rings. The molecule has 0 N–H and O–H groups in total. The Morgan fingerprint density at radius 1 is 1.20 bits per heavy atom. The summed E-state index contributed by atoms with van der Waals surface area (Å²) in [5, 5.41) is 2.03. The summed E-state index contributed by atoms with van der Waals surface area (Å²) in [6, 6.07) is 11.5. The molecule has 0 saturated heterocycles. The van der Waals surface area contributed by atoms with Gasteiger partial charge < -0.3 is 18.3 Å². The van der Waals surface area contributed by atoms with E-state index < -0.39 is 0 Å². The van der Waals surface area contributed by atoms with Crippen LogP contribution in [0.5, 0.6) is 0 Å². The highest BCUT2D eigenvalue weighted by atomic mass is 32.1. The summed E-state index contributed by atoms with van der Waals surface area (Å²) >= 11 is 1.64. The van der Waals surface area contributed by atoms with E-state index >= 15 is 0 Å². The second-order valence-electron chi connectivity index (χ2n) is 6.01. The van der Waals surface area contributed by atoms with Crippen LogP contribution in [0.2, 0.25) is 0 Å². The Kier molecular flexibility index (Phi) is 3.97. The average Bonchev–Trinajstić information content (AvgIpc) is 3.35. The van der Waals surface area contributed by atoms with Gasteiger partial charge in [-0.15, -0.1) is 11.3 Å². The first-order valence-electron chi connectivity index (χ1n) is 8.02. The monoisotopic (exact) mass is 354 g/mol. The van der Waals surface area contributed by atoms with Crippen LogP contribution < -0.4 is 0 Å². The maximum Gasteiger partial charge on any atom is 0.271 e. The Bertz CT molecular complexity index is 1010. The van der Waals surface area contributed by atoms with E-state index in [2.05, 4.69) is 0 Å². The van der Waals surface area contributed by atoms with E-state index in [1.807, 2.05) is 60.3 Å². The van der Waals surface area contributed by atoms with Crippen molar-refractivity contribution >= 4 is 27.5 Å². The summed E-state index contributed by atoms with van der Waals surface area (Å²) in [5.41, 5.74) is 1.73. The summed E-state index contributed by atoms with van der Waals surface area (Å²) in [7, 11) is 1.92. The number of fused-ring (bicyclic) bond motifs is 1. The lowest BCUT2D eigenvalue weighted by Crippen LogP contribution is -2.31. The molecule has 0 bridgehead atoms. The quantitative estimate of drug-likeness (QED) is 0.527. The van der Waals surface area contributed by atoms with Crippen molar-refractivity contribution in [2.45, 2.75) is 20.0 Å². The van der Waals surface area contributed by atoms with Gasteiger partial charge in [-0.2, -0.15) is 0 Å². The van der Waals surface area contributed by atoms with Crippen LogP contribution in [0, 0.1) is 6.92 Å². The fourth-order valence-corrected chi connectivity index (χ4v) is 3.81. The molecule has 0 unspecified atom stereocenters. The molecule has 0 atom stereocenters. The fourth-order valence-electron chi connectivity index (χ4n) is 2.97. The molecule has 0 aliphatic heterocycles. The van der Waals surface area contributed by atoms with E-state index in [4.69, 9.17) is 8.83 Å². The van der Waals surface area contributed by atoms with Gasteiger partial charge in [0.1, 0.15) is 23.0 Å². The zero-order valence-corrected chi connectivity index (χ0v) is 14.9. The number of furan rings is 2. The van der Waals surface area contributed by atoms with Crippen LogP contribution in [0.4, 0.5) is 0 Å². The number of aryl methyl sites for hydroxylation is 2. The van der Waals surface area contributed by atoms with Gasteiger partial charge in [0.2, 0.25) is 0 Å². The van der Waals surface area contributed by atoms with Gasteiger partial charge in [-0.1, -0.05) is 0 Å². The van der Waals surface area contributed by atoms with E-state index in [1.165, 1.54) is 0 Å². The molecule has 4 aromatic rings. The molecule has 0 saturated carbocycles. The fraction of sp³-hybridized carbons (Fsp3) is 0.211. The van der Waals surface area contributed by atoms with Crippen molar-refractivity contribution in [3.8, 4) is 0 Å². The number of thiophene rings is 1. The number of rotatable bonds is 5. The molecule has 0 aromatic carbocycles. The molecule has 1 amide bonds. The Balaban J connectivity index is 1.66. The van der Waals surface area contributed by atoms with Gasteiger partial charge >= 0.3 is 0 Å². The van der Waals surface area contributed by atoms with Gasteiger partial charge in [0, 0.05) is 7.05 Å². The molecule has 4 aromatic heterocycles. The van der Waals surface area contributed by atoms with E-state index in [0.717, 1.165) is 27.5 Å². The standard InChI is InChI=1S/C19H18N2O3S/c1-13-5-6-15(24-13)12-21(11-14-4-3-8-23-14)19(22)17-10-18-16(20(17)2)7-9-25-18/h3-10H,11-12H2,1-2H3. The molecule has 128 valence electrons. The molecule has 0 aliphatic carbocycles. The molecule has 0 fully saturated rings. The first-order chi connectivity index (χ1) is 12.1. The molecule has 25 heavy (non-hydrogen) atoms. The minimum atomic E-state index is -0.0450. The summed E-state index contributed by atoms with van der Waals surface area (Å²) in [6.45, 7) is 2.68. The van der Waals surface area contributed by atoms with E-state index in [0.29, 0.717) is 18.8 Å². The number of hydrogen-bond acceptors (Lipinski definition) is 4. The molecule has 4 rings (SSSR count). The van der Waals surface area contributed by atoms with Crippen LogP contribution in [0.1, 0.15) is 27.8 Å². The van der Waals surface area contributed by atoms with Crippen molar-refractivity contribution in [3.05, 3.63) is 71.0 Å². The normalized spacial score (nSPS) is 11.3. The van der Waals surface area contributed by atoms with Gasteiger partial charge in [0.05, 0.1) is 29.6 Å². The smallest absolute Gasteiger partial charge is 0.271 e. The molecular weight excluding hydrogens is 336 g/mol. The zero-order valence-electron chi connectivity index (χ0n) is 14.1. The Labute approximate surface area is 149 Å². The maximum atomic E-state index is 13.2. The maximum absolute atomic E-state index is 13.2. The molecule has 6 heteroatoms. The largest absolute Gasteiger partial charge is 0.467 e. The molecule has 0 radical (unpaired) electrons. The van der Waals surface area contributed by atoms with Crippen molar-refractivity contribution in [2.24, 2.45) is 7.05 Å². The van der Waals surface area contributed by atoms with Crippen LogP contribution in [0.15, 0.2) is 56.9 Å². The van der Waals surface area contributed by atoms with Crippen molar-refractivity contribution in [3.63, 3.8) is 0 Å². The van der Waals surface area contributed by atoms with E-state index in [9.17, 15) is 4.79 Å². The van der Waals surface area contributed by atoms with Gasteiger partial charge in [-0.3, -0.25) is 4.79 Å². The average molecular weight is 354 g/mol. The molecule has 5 nitrogen and oxygen atoms in total. The summed E-state index contributed by atoms with van der Waals surface area (Å²) in [5.74, 6) is 2.29. The summed E-state index contributed by atoms with van der Waals surface area (Å²) < 4.78 is 14.2. The number of nitrogens with zero attached hydrogens (tertiary/aromatic N) is 2. The minimum absolute atomic E-state index is 0.0450. The molecule has 0 spiro atoms. The summed E-state index contributed by atoms with van der Waals surface area (Å²) in [6.07, 6.45) is 1.62. The van der Waals surface area contributed by atoms with Crippen LogP contribution in [-0.2, 0) is 20.1 Å².